The van der Waals surface area contributed by atoms with Crippen LogP contribution >= 0.6 is 24.8 Å². The molecule has 166 valence electrons. The van der Waals surface area contributed by atoms with Crippen LogP contribution in [0.5, 0.6) is 0 Å². The van der Waals surface area contributed by atoms with Crippen molar-refractivity contribution in [3.05, 3.63) is 71.3 Å². The summed E-state index contributed by atoms with van der Waals surface area (Å²) in [6.45, 7) is 8.11. The monoisotopic (exact) mass is 453 g/mol. The van der Waals surface area contributed by atoms with Gasteiger partial charge in [-0.1, -0.05) is 61.5 Å². The maximum atomic E-state index is 12.6. The fraction of sp³-hybridized carbons (Fsp3) is 0.435. The topological polar surface area (TPSA) is 67.6 Å². The van der Waals surface area contributed by atoms with Crippen LogP contribution in [0.3, 0.4) is 0 Å². The predicted molar refractivity (Wildman–Crippen MR) is 126 cm³/mol. The average Bonchev–Trinajstić information content (AvgIpc) is 2.72. The molecule has 7 heteroatoms. The molecule has 1 saturated heterocycles. The molecular weight excluding hydrogens is 421 g/mol. The van der Waals surface area contributed by atoms with Crippen LogP contribution in [0.4, 0.5) is 0 Å². The van der Waals surface area contributed by atoms with E-state index in [-0.39, 0.29) is 48.8 Å². The normalized spacial score (nSPS) is 18.4. The fourth-order valence-corrected chi connectivity index (χ4v) is 3.61. The van der Waals surface area contributed by atoms with E-state index in [1.165, 1.54) is 5.56 Å². The van der Waals surface area contributed by atoms with E-state index in [0.29, 0.717) is 6.54 Å². The first-order valence-electron chi connectivity index (χ1n) is 10.0. The van der Waals surface area contributed by atoms with E-state index >= 15 is 0 Å². The van der Waals surface area contributed by atoms with Gasteiger partial charge in [-0.15, -0.1) is 24.8 Å². The van der Waals surface area contributed by atoms with E-state index in [2.05, 4.69) is 35.3 Å². The lowest BCUT2D eigenvalue weighted by atomic mass is 9.94. The van der Waals surface area contributed by atoms with Crippen molar-refractivity contribution < 1.29 is 9.53 Å². The minimum Gasteiger partial charge on any atom is -0.376 e. The molecule has 30 heavy (non-hydrogen) atoms. The van der Waals surface area contributed by atoms with Crippen LogP contribution in [-0.4, -0.2) is 36.6 Å². The van der Waals surface area contributed by atoms with E-state index in [1.807, 2.05) is 43.3 Å². The second kappa shape index (κ2) is 12.9. The van der Waals surface area contributed by atoms with Crippen molar-refractivity contribution in [2.45, 2.75) is 39.1 Å². The van der Waals surface area contributed by atoms with Gasteiger partial charge >= 0.3 is 0 Å². The van der Waals surface area contributed by atoms with E-state index in [9.17, 15) is 4.79 Å². The molecule has 5 nitrogen and oxygen atoms in total. The molecule has 0 aromatic heterocycles. The predicted octanol–water partition coefficient (Wildman–Crippen LogP) is 3.70. The van der Waals surface area contributed by atoms with Crippen molar-refractivity contribution in [1.29, 1.82) is 0 Å². The molecule has 1 heterocycles. The summed E-state index contributed by atoms with van der Waals surface area (Å²) in [6.07, 6.45) is 0.284. The first kappa shape index (κ1) is 26.4. The number of carbonyl (C=O) groups is 1. The van der Waals surface area contributed by atoms with Gasteiger partial charge in [0.1, 0.15) is 0 Å². The van der Waals surface area contributed by atoms with Crippen molar-refractivity contribution in [3.63, 3.8) is 0 Å². The number of halogens is 2. The number of morpholine rings is 1. The van der Waals surface area contributed by atoms with Gasteiger partial charge in [0, 0.05) is 32.2 Å². The van der Waals surface area contributed by atoms with E-state index in [0.717, 1.165) is 37.4 Å². The van der Waals surface area contributed by atoms with Crippen LogP contribution in [0.25, 0.3) is 0 Å². The zero-order valence-electron chi connectivity index (χ0n) is 17.6. The summed E-state index contributed by atoms with van der Waals surface area (Å²) in [4.78, 5) is 15.0. The summed E-state index contributed by atoms with van der Waals surface area (Å²) in [7, 11) is 0. The summed E-state index contributed by atoms with van der Waals surface area (Å²) in [5.74, 6) is -0.316. The van der Waals surface area contributed by atoms with Gasteiger partial charge in [-0.05, 0) is 23.6 Å². The van der Waals surface area contributed by atoms with Gasteiger partial charge in [0.05, 0.1) is 18.6 Å². The van der Waals surface area contributed by atoms with Gasteiger partial charge in [0.15, 0.2) is 0 Å². The highest BCUT2D eigenvalue weighted by atomic mass is 35.5. The van der Waals surface area contributed by atoms with Gasteiger partial charge < -0.3 is 15.8 Å². The minimum atomic E-state index is -0.309. The number of ether oxygens (including phenoxy) is 1. The molecule has 0 aliphatic carbocycles. The second-order valence-electron chi connectivity index (χ2n) is 7.68. The second-order valence-corrected chi connectivity index (χ2v) is 7.68. The van der Waals surface area contributed by atoms with Gasteiger partial charge in [-0.25, -0.2) is 0 Å². The first-order chi connectivity index (χ1) is 13.5. The third kappa shape index (κ3) is 7.56. The number of benzene rings is 2. The Hall–Kier alpha value is -1.63. The molecule has 0 spiro atoms. The zero-order valence-corrected chi connectivity index (χ0v) is 19.3. The van der Waals surface area contributed by atoms with Crippen LogP contribution in [0.2, 0.25) is 0 Å². The lowest BCUT2D eigenvalue weighted by Crippen LogP contribution is -2.40. The Labute approximate surface area is 192 Å². The molecule has 3 unspecified atom stereocenters. The summed E-state index contributed by atoms with van der Waals surface area (Å²) in [5, 5.41) is 3.03. The summed E-state index contributed by atoms with van der Waals surface area (Å²) < 4.78 is 5.61. The maximum absolute atomic E-state index is 12.6. The maximum Gasteiger partial charge on any atom is 0.225 e. The molecule has 3 atom stereocenters. The molecule has 3 rings (SSSR count). The average molecular weight is 454 g/mol. The molecule has 0 radical (unpaired) electrons. The van der Waals surface area contributed by atoms with E-state index in [4.69, 9.17) is 10.5 Å². The number of nitrogens with zero attached hydrogens (tertiary/aromatic N) is 1. The molecule has 2 aromatic carbocycles. The summed E-state index contributed by atoms with van der Waals surface area (Å²) >= 11 is 0. The number of nitrogens with one attached hydrogen (secondary N) is 1. The third-order valence-corrected chi connectivity index (χ3v) is 5.33. The van der Waals surface area contributed by atoms with Crippen molar-refractivity contribution in [1.82, 2.24) is 10.2 Å². The van der Waals surface area contributed by atoms with E-state index in [1.54, 1.807) is 0 Å². The molecule has 1 amide bonds. The highest BCUT2D eigenvalue weighted by Gasteiger charge is 2.22. The lowest BCUT2D eigenvalue weighted by Gasteiger charge is -2.31. The molecule has 1 aliphatic rings. The quantitative estimate of drug-likeness (QED) is 0.670. The number of nitrogens with two attached hydrogens (primary N) is 1. The summed E-state index contributed by atoms with van der Waals surface area (Å²) in [6, 6.07) is 17.9. The van der Waals surface area contributed by atoms with Crippen LogP contribution in [0.15, 0.2) is 54.6 Å². The van der Waals surface area contributed by atoms with Crippen molar-refractivity contribution >= 4 is 30.7 Å². The Bertz CT molecular complexity index is 776. The number of hydrogen-bond donors (Lipinski definition) is 2. The number of carbonyl (C=O) groups excluding carboxylic acids is 1. The van der Waals surface area contributed by atoms with Crippen LogP contribution in [0, 0.1) is 5.92 Å². The van der Waals surface area contributed by atoms with Crippen molar-refractivity contribution in [3.8, 4) is 0 Å². The standard InChI is InChI=1S/C23H31N3O2.2ClH/c1-17-15-26(11-12-28-17)16-20-8-6-7-19(13-20)14-25-23(27)18(2)22(24)21-9-4-3-5-10-21;;/h3-10,13,17-18,22H,11-12,14-16,24H2,1-2H3,(H,25,27);2*1H. The van der Waals surface area contributed by atoms with Crippen LogP contribution in [-0.2, 0) is 22.6 Å². The minimum absolute atomic E-state index is 0. The Morgan fingerprint density at radius 3 is 2.57 bits per heavy atom. The SMILES string of the molecule is CC1CN(Cc2cccc(CNC(=O)C(C)C(N)c3ccccc3)c2)CCO1.Cl.Cl. The number of hydrogen-bond acceptors (Lipinski definition) is 4. The number of amides is 1. The van der Waals surface area contributed by atoms with Gasteiger partial charge in [0.2, 0.25) is 5.91 Å². The van der Waals surface area contributed by atoms with Crippen molar-refractivity contribution in [2.75, 3.05) is 19.7 Å². The molecule has 0 saturated carbocycles. The Morgan fingerprint density at radius 1 is 1.17 bits per heavy atom. The molecule has 3 N–H and O–H groups in total. The molecule has 1 aliphatic heterocycles. The number of rotatable bonds is 7. The highest BCUT2D eigenvalue weighted by molar-refractivity contribution is 5.85. The zero-order chi connectivity index (χ0) is 19.9. The lowest BCUT2D eigenvalue weighted by molar-refractivity contribution is -0.125. The Kier molecular flexibility index (Phi) is 11.4. The largest absolute Gasteiger partial charge is 0.376 e. The molecule has 1 fully saturated rings. The Morgan fingerprint density at radius 2 is 1.87 bits per heavy atom. The fourth-order valence-electron chi connectivity index (χ4n) is 3.61. The smallest absolute Gasteiger partial charge is 0.225 e. The van der Waals surface area contributed by atoms with Crippen LogP contribution < -0.4 is 11.1 Å². The molecule has 0 bridgehead atoms. The first-order valence-corrected chi connectivity index (χ1v) is 10.0. The summed E-state index contributed by atoms with van der Waals surface area (Å²) in [5.41, 5.74) is 9.61. The van der Waals surface area contributed by atoms with Crippen molar-refractivity contribution in [2.24, 2.45) is 11.7 Å². The van der Waals surface area contributed by atoms with Gasteiger partial charge in [-0.3, -0.25) is 9.69 Å². The molecular formula is C23H33Cl2N3O2. The molecule has 2 aromatic rings. The van der Waals surface area contributed by atoms with E-state index < -0.39 is 0 Å². The highest BCUT2D eigenvalue weighted by Crippen LogP contribution is 2.19. The Balaban J connectivity index is 0.00000225. The van der Waals surface area contributed by atoms with Crippen LogP contribution in [0.1, 0.15) is 36.6 Å². The van der Waals surface area contributed by atoms with Gasteiger partial charge in [-0.2, -0.15) is 0 Å². The third-order valence-electron chi connectivity index (χ3n) is 5.33. The van der Waals surface area contributed by atoms with Gasteiger partial charge in [0.25, 0.3) is 0 Å².